The van der Waals surface area contributed by atoms with Crippen molar-refractivity contribution in [3.05, 3.63) is 33.8 Å². The van der Waals surface area contributed by atoms with Gasteiger partial charge < -0.3 is 15.4 Å². The summed E-state index contributed by atoms with van der Waals surface area (Å²) in [5, 5.41) is 1.09. The molecule has 0 spiro atoms. The molecule has 0 aromatic heterocycles. The van der Waals surface area contributed by atoms with Gasteiger partial charge in [0.2, 0.25) is 5.91 Å². The number of amides is 1. The van der Waals surface area contributed by atoms with E-state index in [1.165, 1.54) is 0 Å². The number of carbonyl (C=O) groups is 1. The molecule has 2 rings (SSSR count). The Morgan fingerprint density at radius 1 is 1.33 bits per heavy atom. The molecule has 136 valence electrons. The van der Waals surface area contributed by atoms with Gasteiger partial charge in [-0.15, -0.1) is 12.4 Å². The Balaban J connectivity index is 0.00000288. The van der Waals surface area contributed by atoms with Crippen LogP contribution in [0.25, 0.3) is 0 Å². The summed E-state index contributed by atoms with van der Waals surface area (Å²) in [6.07, 6.45) is 3.51. The molecule has 1 aromatic rings. The van der Waals surface area contributed by atoms with Gasteiger partial charge in [0.15, 0.2) is 0 Å². The van der Waals surface area contributed by atoms with Gasteiger partial charge in [0.25, 0.3) is 0 Å². The zero-order chi connectivity index (χ0) is 16.8. The molecule has 4 nitrogen and oxygen atoms in total. The van der Waals surface area contributed by atoms with E-state index in [-0.39, 0.29) is 30.5 Å². The Morgan fingerprint density at radius 3 is 2.58 bits per heavy atom. The molecular weight excluding hydrogens is 371 g/mol. The van der Waals surface area contributed by atoms with Crippen LogP contribution in [0.4, 0.5) is 0 Å². The molecule has 1 aliphatic heterocycles. The second-order valence-corrected chi connectivity index (χ2v) is 6.79. The lowest BCUT2D eigenvalue weighted by Gasteiger charge is -2.33. The third kappa shape index (κ3) is 6.08. The lowest BCUT2D eigenvalue weighted by molar-refractivity contribution is -0.135. The van der Waals surface area contributed by atoms with Gasteiger partial charge in [0, 0.05) is 13.1 Å². The van der Waals surface area contributed by atoms with Gasteiger partial charge in [-0.05, 0) is 37.0 Å². The summed E-state index contributed by atoms with van der Waals surface area (Å²) < 4.78 is 5.93. The smallest absolute Gasteiger partial charge is 0.239 e. The number of hydrogen-bond donors (Lipinski definition) is 1. The summed E-state index contributed by atoms with van der Waals surface area (Å²) in [5.41, 5.74) is 6.91. The minimum Gasteiger partial charge on any atom is -0.373 e. The zero-order valence-electron chi connectivity index (χ0n) is 13.8. The number of halogens is 3. The lowest BCUT2D eigenvalue weighted by Crippen LogP contribution is -2.48. The Kier molecular flexibility index (Phi) is 9.39. The second kappa shape index (κ2) is 10.5. The van der Waals surface area contributed by atoms with E-state index < -0.39 is 0 Å². The van der Waals surface area contributed by atoms with Crippen LogP contribution in [0.2, 0.25) is 10.0 Å². The third-order valence-electron chi connectivity index (χ3n) is 4.14. The van der Waals surface area contributed by atoms with Gasteiger partial charge in [-0.3, -0.25) is 4.79 Å². The number of likely N-dealkylation sites (tertiary alicyclic amines) is 1. The minimum absolute atomic E-state index is 0. The van der Waals surface area contributed by atoms with Crippen LogP contribution < -0.4 is 5.73 Å². The number of nitrogens with zero attached hydrogens (tertiary/aromatic N) is 1. The van der Waals surface area contributed by atoms with Crippen LogP contribution in [0, 0.1) is 0 Å². The van der Waals surface area contributed by atoms with E-state index in [2.05, 4.69) is 0 Å². The monoisotopic (exact) mass is 394 g/mol. The van der Waals surface area contributed by atoms with E-state index in [4.69, 9.17) is 33.7 Å². The van der Waals surface area contributed by atoms with Crippen molar-refractivity contribution < 1.29 is 9.53 Å². The number of ether oxygens (including phenoxy) is 1. The molecule has 1 amide bonds. The molecule has 1 aliphatic rings. The van der Waals surface area contributed by atoms with Gasteiger partial charge in [-0.25, -0.2) is 0 Å². The molecule has 0 saturated carbocycles. The first-order valence-electron chi connectivity index (χ1n) is 8.11. The van der Waals surface area contributed by atoms with Crippen molar-refractivity contribution in [1.29, 1.82) is 0 Å². The van der Waals surface area contributed by atoms with Crippen molar-refractivity contribution in [1.82, 2.24) is 4.90 Å². The topological polar surface area (TPSA) is 55.6 Å². The maximum Gasteiger partial charge on any atom is 0.239 e. The highest BCUT2D eigenvalue weighted by molar-refractivity contribution is 6.42. The summed E-state index contributed by atoms with van der Waals surface area (Å²) in [5.74, 6) is 0.0646. The first-order chi connectivity index (χ1) is 11.0. The first-order valence-corrected chi connectivity index (χ1v) is 8.86. The fourth-order valence-electron chi connectivity index (χ4n) is 2.76. The molecule has 0 bridgehead atoms. The highest BCUT2D eigenvalue weighted by Crippen LogP contribution is 2.24. The summed E-state index contributed by atoms with van der Waals surface area (Å²) in [6, 6.07) is 5.15. The molecular formula is C17H25Cl3N2O2. The fourth-order valence-corrected chi connectivity index (χ4v) is 3.08. The molecule has 7 heteroatoms. The summed E-state index contributed by atoms with van der Waals surface area (Å²) in [7, 11) is 0. The molecule has 0 aliphatic carbocycles. The van der Waals surface area contributed by atoms with Crippen LogP contribution in [-0.4, -0.2) is 36.0 Å². The van der Waals surface area contributed by atoms with Crippen molar-refractivity contribution >= 4 is 41.5 Å². The van der Waals surface area contributed by atoms with Crippen molar-refractivity contribution in [3.63, 3.8) is 0 Å². The van der Waals surface area contributed by atoms with E-state index in [1.807, 2.05) is 24.0 Å². The molecule has 24 heavy (non-hydrogen) atoms. The largest absolute Gasteiger partial charge is 0.373 e. The predicted molar refractivity (Wildman–Crippen MR) is 101 cm³/mol. The number of benzene rings is 1. The van der Waals surface area contributed by atoms with E-state index in [1.54, 1.807) is 6.07 Å². The van der Waals surface area contributed by atoms with E-state index >= 15 is 0 Å². The van der Waals surface area contributed by atoms with Crippen molar-refractivity contribution in [2.24, 2.45) is 5.73 Å². The normalized spacial score (nSPS) is 16.6. The quantitative estimate of drug-likeness (QED) is 0.790. The van der Waals surface area contributed by atoms with Crippen LogP contribution in [0.15, 0.2) is 18.2 Å². The van der Waals surface area contributed by atoms with Crippen LogP contribution in [0.5, 0.6) is 0 Å². The van der Waals surface area contributed by atoms with E-state index in [0.717, 1.165) is 31.2 Å². The van der Waals surface area contributed by atoms with Crippen LogP contribution >= 0.6 is 35.6 Å². The standard InChI is InChI=1S/C17H24Cl2N2O2.ClH/c1-2-3-16(20)17(22)21-8-6-13(7-9-21)23-11-12-4-5-14(18)15(19)10-12;/h4-5,10,13,16H,2-3,6-9,11,20H2,1H3;1H. The maximum absolute atomic E-state index is 12.2. The summed E-state index contributed by atoms with van der Waals surface area (Å²) in [4.78, 5) is 14.0. The molecule has 0 radical (unpaired) electrons. The van der Waals surface area contributed by atoms with Gasteiger partial charge >= 0.3 is 0 Å². The number of carbonyl (C=O) groups excluding carboxylic acids is 1. The van der Waals surface area contributed by atoms with Crippen molar-refractivity contribution in [2.45, 2.75) is 51.4 Å². The number of nitrogens with two attached hydrogens (primary N) is 1. The minimum atomic E-state index is -0.367. The fraction of sp³-hybridized carbons (Fsp3) is 0.588. The van der Waals surface area contributed by atoms with E-state index in [9.17, 15) is 4.79 Å². The molecule has 1 heterocycles. The first kappa shape index (κ1) is 21.5. The zero-order valence-corrected chi connectivity index (χ0v) is 16.2. The number of piperidine rings is 1. The van der Waals surface area contributed by atoms with Crippen LogP contribution in [0.1, 0.15) is 38.2 Å². The summed E-state index contributed by atoms with van der Waals surface area (Å²) >= 11 is 11.9. The highest BCUT2D eigenvalue weighted by atomic mass is 35.5. The maximum atomic E-state index is 12.2. The molecule has 1 atom stereocenters. The predicted octanol–water partition coefficient (Wildman–Crippen LogP) is 4.05. The molecule has 1 fully saturated rings. The van der Waals surface area contributed by atoms with E-state index in [0.29, 0.717) is 29.7 Å². The Labute approximate surface area is 160 Å². The Morgan fingerprint density at radius 2 is 2.00 bits per heavy atom. The molecule has 1 aromatic carbocycles. The number of hydrogen-bond acceptors (Lipinski definition) is 3. The number of rotatable bonds is 6. The lowest BCUT2D eigenvalue weighted by atomic mass is 10.1. The van der Waals surface area contributed by atoms with Gasteiger partial charge in [0.1, 0.15) is 0 Å². The van der Waals surface area contributed by atoms with Gasteiger partial charge in [0.05, 0.1) is 28.8 Å². The average Bonchev–Trinajstić information content (AvgIpc) is 2.56. The second-order valence-electron chi connectivity index (χ2n) is 5.98. The molecule has 2 N–H and O–H groups in total. The van der Waals surface area contributed by atoms with Crippen LogP contribution in [-0.2, 0) is 16.1 Å². The SMILES string of the molecule is CCCC(N)C(=O)N1CCC(OCc2ccc(Cl)c(Cl)c2)CC1.Cl. The van der Waals surface area contributed by atoms with Gasteiger partial charge in [-0.1, -0.05) is 42.6 Å². The van der Waals surface area contributed by atoms with Crippen molar-refractivity contribution in [2.75, 3.05) is 13.1 Å². The van der Waals surface area contributed by atoms with Crippen LogP contribution in [0.3, 0.4) is 0 Å². The average molecular weight is 396 g/mol. The highest BCUT2D eigenvalue weighted by Gasteiger charge is 2.26. The van der Waals surface area contributed by atoms with Crippen molar-refractivity contribution in [3.8, 4) is 0 Å². The molecule has 1 saturated heterocycles. The molecule has 1 unspecified atom stereocenters. The Hall–Kier alpha value is -0.520. The van der Waals surface area contributed by atoms with Gasteiger partial charge in [-0.2, -0.15) is 0 Å². The Bertz CT molecular complexity index is 535. The summed E-state index contributed by atoms with van der Waals surface area (Å²) in [6.45, 7) is 3.96. The third-order valence-corrected chi connectivity index (χ3v) is 4.88.